The predicted molar refractivity (Wildman–Crippen MR) is 88.0 cm³/mol. The van der Waals surface area contributed by atoms with Crippen molar-refractivity contribution in [3.05, 3.63) is 78.1 Å². The van der Waals surface area contributed by atoms with Gasteiger partial charge in [0.2, 0.25) is 0 Å². The number of hydrogen-bond donors (Lipinski definition) is 0. The van der Waals surface area contributed by atoms with Gasteiger partial charge in [-0.2, -0.15) is 5.10 Å². The van der Waals surface area contributed by atoms with Gasteiger partial charge in [-0.1, -0.05) is 0 Å². The summed E-state index contributed by atoms with van der Waals surface area (Å²) in [6, 6.07) is 9.98. The van der Waals surface area contributed by atoms with E-state index < -0.39 is 0 Å². The van der Waals surface area contributed by atoms with Crippen LogP contribution in [-0.2, 0) is 6.42 Å². The topological polar surface area (TPSA) is 56.0 Å². The summed E-state index contributed by atoms with van der Waals surface area (Å²) in [6.07, 6.45) is 9.83. The second-order valence-electron chi connectivity index (χ2n) is 5.48. The Bertz CT molecular complexity index is 959. The predicted octanol–water partition coefficient (Wildman–Crippen LogP) is 3.09. The molecule has 4 heterocycles. The molecule has 0 aliphatic heterocycles. The SMILES string of the molecule is Cc1ccnc(Cc2cnn3c(-c4cccnc4)ccnc23)c1. The van der Waals surface area contributed by atoms with Crippen LogP contribution in [-0.4, -0.2) is 24.6 Å². The van der Waals surface area contributed by atoms with E-state index in [-0.39, 0.29) is 0 Å². The summed E-state index contributed by atoms with van der Waals surface area (Å²) in [7, 11) is 0. The van der Waals surface area contributed by atoms with E-state index in [4.69, 9.17) is 0 Å². The van der Waals surface area contributed by atoms with Crippen LogP contribution in [0.1, 0.15) is 16.8 Å². The molecule has 4 aromatic rings. The molecular formula is C18H15N5. The lowest BCUT2D eigenvalue weighted by Gasteiger charge is -2.04. The number of hydrogen-bond acceptors (Lipinski definition) is 4. The molecule has 0 radical (unpaired) electrons. The Hall–Kier alpha value is -3.08. The van der Waals surface area contributed by atoms with Crippen molar-refractivity contribution < 1.29 is 0 Å². The van der Waals surface area contributed by atoms with Gasteiger partial charge in [0.25, 0.3) is 0 Å². The lowest BCUT2D eigenvalue weighted by atomic mass is 10.1. The average molecular weight is 301 g/mol. The highest BCUT2D eigenvalue weighted by molar-refractivity contribution is 5.63. The lowest BCUT2D eigenvalue weighted by Crippen LogP contribution is -1.97. The molecule has 0 atom stereocenters. The molecule has 0 aliphatic carbocycles. The van der Waals surface area contributed by atoms with Crippen LogP contribution in [0.15, 0.2) is 61.3 Å². The molecule has 23 heavy (non-hydrogen) atoms. The normalized spacial score (nSPS) is 11.0. The van der Waals surface area contributed by atoms with Crippen LogP contribution in [0, 0.1) is 6.92 Å². The minimum Gasteiger partial charge on any atom is -0.264 e. The summed E-state index contributed by atoms with van der Waals surface area (Å²) >= 11 is 0. The molecule has 4 aromatic heterocycles. The molecule has 0 amide bonds. The quantitative estimate of drug-likeness (QED) is 0.583. The number of aromatic nitrogens is 5. The van der Waals surface area contributed by atoms with Crippen molar-refractivity contribution in [3.63, 3.8) is 0 Å². The van der Waals surface area contributed by atoms with Crippen molar-refractivity contribution in [1.29, 1.82) is 0 Å². The van der Waals surface area contributed by atoms with Crippen molar-refractivity contribution >= 4 is 5.65 Å². The van der Waals surface area contributed by atoms with Crippen LogP contribution in [0.2, 0.25) is 0 Å². The molecule has 0 aromatic carbocycles. The number of nitrogens with zero attached hydrogens (tertiary/aromatic N) is 5. The van der Waals surface area contributed by atoms with E-state index >= 15 is 0 Å². The van der Waals surface area contributed by atoms with Gasteiger partial charge in [0, 0.05) is 48.0 Å². The van der Waals surface area contributed by atoms with Crippen molar-refractivity contribution in [2.75, 3.05) is 0 Å². The van der Waals surface area contributed by atoms with Crippen LogP contribution in [0.5, 0.6) is 0 Å². The Balaban J connectivity index is 1.79. The van der Waals surface area contributed by atoms with Crippen LogP contribution in [0.4, 0.5) is 0 Å². The average Bonchev–Trinajstić information content (AvgIpc) is 2.99. The van der Waals surface area contributed by atoms with Gasteiger partial charge in [0.05, 0.1) is 11.9 Å². The van der Waals surface area contributed by atoms with Gasteiger partial charge in [-0.25, -0.2) is 9.50 Å². The largest absolute Gasteiger partial charge is 0.264 e. The van der Waals surface area contributed by atoms with E-state index in [0.717, 1.165) is 28.2 Å². The van der Waals surface area contributed by atoms with E-state index in [1.165, 1.54) is 5.56 Å². The van der Waals surface area contributed by atoms with E-state index in [1.807, 2.05) is 53.6 Å². The van der Waals surface area contributed by atoms with Gasteiger partial charge in [-0.05, 0) is 42.8 Å². The van der Waals surface area contributed by atoms with Gasteiger partial charge in [-0.3, -0.25) is 9.97 Å². The molecule has 5 heteroatoms. The number of rotatable bonds is 3. The number of aryl methyl sites for hydroxylation is 1. The monoisotopic (exact) mass is 301 g/mol. The van der Waals surface area contributed by atoms with Gasteiger partial charge in [-0.15, -0.1) is 0 Å². The fourth-order valence-electron chi connectivity index (χ4n) is 2.69. The van der Waals surface area contributed by atoms with Gasteiger partial charge in [0.15, 0.2) is 5.65 Å². The summed E-state index contributed by atoms with van der Waals surface area (Å²) in [6.45, 7) is 2.07. The fraction of sp³-hybridized carbons (Fsp3) is 0.111. The summed E-state index contributed by atoms with van der Waals surface area (Å²) in [4.78, 5) is 13.1. The van der Waals surface area contributed by atoms with Crippen LogP contribution >= 0.6 is 0 Å². The van der Waals surface area contributed by atoms with Gasteiger partial charge in [0.1, 0.15) is 0 Å². The third-order valence-electron chi connectivity index (χ3n) is 3.78. The highest BCUT2D eigenvalue weighted by atomic mass is 15.3. The zero-order valence-electron chi connectivity index (χ0n) is 12.7. The summed E-state index contributed by atoms with van der Waals surface area (Å²) in [5.41, 5.74) is 6.14. The Morgan fingerprint density at radius 3 is 2.74 bits per heavy atom. The first-order valence-electron chi connectivity index (χ1n) is 7.45. The second-order valence-corrected chi connectivity index (χ2v) is 5.48. The molecule has 5 nitrogen and oxygen atoms in total. The Morgan fingerprint density at radius 2 is 1.91 bits per heavy atom. The molecule has 0 spiro atoms. The first kappa shape index (κ1) is 13.6. The second kappa shape index (κ2) is 5.61. The summed E-state index contributed by atoms with van der Waals surface area (Å²) < 4.78 is 1.86. The highest BCUT2D eigenvalue weighted by Crippen LogP contribution is 2.21. The van der Waals surface area contributed by atoms with Crippen molar-refractivity contribution in [3.8, 4) is 11.3 Å². The third-order valence-corrected chi connectivity index (χ3v) is 3.78. The van der Waals surface area contributed by atoms with Crippen LogP contribution in [0.3, 0.4) is 0 Å². The van der Waals surface area contributed by atoms with E-state index in [0.29, 0.717) is 6.42 Å². The molecule has 0 fully saturated rings. The summed E-state index contributed by atoms with van der Waals surface area (Å²) in [5.74, 6) is 0. The smallest absolute Gasteiger partial charge is 0.159 e. The van der Waals surface area contributed by atoms with Crippen molar-refractivity contribution in [2.24, 2.45) is 0 Å². The van der Waals surface area contributed by atoms with Crippen molar-refractivity contribution in [2.45, 2.75) is 13.3 Å². The van der Waals surface area contributed by atoms with E-state index in [1.54, 1.807) is 6.20 Å². The molecule has 0 aliphatic rings. The standard InChI is InChI=1S/C18H15N5/c1-13-4-7-20-16(9-13)10-15-12-22-23-17(5-8-21-18(15)23)14-3-2-6-19-11-14/h2-9,11-12H,10H2,1H3. The maximum atomic E-state index is 4.51. The fourth-order valence-corrected chi connectivity index (χ4v) is 2.69. The molecule has 0 saturated heterocycles. The molecular weight excluding hydrogens is 286 g/mol. The Labute approximate surface area is 133 Å². The van der Waals surface area contributed by atoms with Gasteiger partial charge >= 0.3 is 0 Å². The van der Waals surface area contributed by atoms with Crippen molar-refractivity contribution in [1.82, 2.24) is 24.6 Å². The van der Waals surface area contributed by atoms with E-state index in [2.05, 4.69) is 33.0 Å². The number of pyridine rings is 2. The Morgan fingerprint density at radius 1 is 1.00 bits per heavy atom. The molecule has 4 rings (SSSR count). The zero-order valence-corrected chi connectivity index (χ0v) is 12.7. The lowest BCUT2D eigenvalue weighted by molar-refractivity contribution is 0.946. The molecule has 0 bridgehead atoms. The highest BCUT2D eigenvalue weighted by Gasteiger charge is 2.11. The minimum absolute atomic E-state index is 0.717. The third kappa shape index (κ3) is 2.57. The number of fused-ring (bicyclic) bond motifs is 1. The summed E-state index contributed by atoms with van der Waals surface area (Å²) in [5, 5.41) is 4.51. The first-order valence-corrected chi connectivity index (χ1v) is 7.45. The molecule has 0 saturated carbocycles. The molecule has 112 valence electrons. The zero-order chi connectivity index (χ0) is 15.6. The minimum atomic E-state index is 0.717. The van der Waals surface area contributed by atoms with Crippen LogP contribution in [0.25, 0.3) is 16.9 Å². The van der Waals surface area contributed by atoms with Crippen LogP contribution < -0.4 is 0 Å². The van der Waals surface area contributed by atoms with Gasteiger partial charge < -0.3 is 0 Å². The first-order chi connectivity index (χ1) is 11.3. The maximum Gasteiger partial charge on any atom is 0.159 e. The van der Waals surface area contributed by atoms with E-state index in [9.17, 15) is 0 Å². The molecule has 0 N–H and O–H groups in total. The Kier molecular flexibility index (Phi) is 3.31. The molecule has 0 unspecified atom stereocenters. The maximum absolute atomic E-state index is 4.51.